The van der Waals surface area contributed by atoms with Gasteiger partial charge >= 0.3 is 5.97 Å². The predicted molar refractivity (Wildman–Crippen MR) is 129 cm³/mol. The van der Waals surface area contributed by atoms with E-state index in [-0.39, 0.29) is 30.7 Å². The monoisotopic (exact) mass is 461 g/mol. The number of nitrogens with one attached hydrogen (secondary N) is 1. The van der Waals surface area contributed by atoms with Crippen LogP contribution >= 0.6 is 0 Å². The molecule has 2 aromatic carbocycles. The number of rotatable bonds is 7. The van der Waals surface area contributed by atoms with Crippen molar-refractivity contribution in [2.75, 3.05) is 5.32 Å². The quantitative estimate of drug-likeness (QED) is 0.482. The SMILES string of the molecule is NCc1ccc(C(=O)Nc2ccncc2F)cc1-c1cccc(CC(=O)OC2CCCCC2)c1. The second kappa shape index (κ2) is 11.0. The maximum absolute atomic E-state index is 13.9. The van der Waals surface area contributed by atoms with Gasteiger partial charge in [-0.25, -0.2) is 4.39 Å². The molecule has 176 valence electrons. The number of halogens is 1. The van der Waals surface area contributed by atoms with Crippen molar-refractivity contribution in [3.63, 3.8) is 0 Å². The standard InChI is InChI=1S/C27H28FN3O3/c28-24-17-30-12-11-25(24)31-27(33)20-9-10-21(16-29)23(15-20)19-6-4-5-18(13-19)14-26(32)34-22-7-2-1-3-8-22/h4-6,9-13,15,17,22H,1-3,7-8,14,16,29H2,(H,30,31,33). The van der Waals surface area contributed by atoms with E-state index in [0.29, 0.717) is 5.56 Å². The van der Waals surface area contributed by atoms with Gasteiger partial charge in [0.25, 0.3) is 5.91 Å². The number of nitrogens with two attached hydrogens (primary N) is 1. The van der Waals surface area contributed by atoms with Gasteiger partial charge in [-0.1, -0.05) is 36.8 Å². The van der Waals surface area contributed by atoms with Crippen molar-refractivity contribution in [2.45, 2.75) is 51.2 Å². The topological polar surface area (TPSA) is 94.3 Å². The first-order valence-electron chi connectivity index (χ1n) is 11.6. The molecular weight excluding hydrogens is 433 g/mol. The van der Waals surface area contributed by atoms with Gasteiger partial charge in [-0.2, -0.15) is 0 Å². The maximum Gasteiger partial charge on any atom is 0.310 e. The van der Waals surface area contributed by atoms with Crippen molar-refractivity contribution in [1.29, 1.82) is 0 Å². The number of esters is 1. The van der Waals surface area contributed by atoms with E-state index in [2.05, 4.69) is 10.3 Å². The fourth-order valence-electron chi connectivity index (χ4n) is 4.26. The van der Waals surface area contributed by atoms with Crippen LogP contribution in [-0.4, -0.2) is 23.0 Å². The highest BCUT2D eigenvalue weighted by atomic mass is 19.1. The fourth-order valence-corrected chi connectivity index (χ4v) is 4.26. The molecule has 34 heavy (non-hydrogen) atoms. The lowest BCUT2D eigenvalue weighted by Gasteiger charge is -2.21. The van der Waals surface area contributed by atoms with Crippen molar-refractivity contribution in [2.24, 2.45) is 5.73 Å². The van der Waals surface area contributed by atoms with Gasteiger partial charge in [0.05, 0.1) is 18.3 Å². The Labute approximate surface area is 198 Å². The van der Waals surface area contributed by atoms with Gasteiger partial charge in [0, 0.05) is 18.3 Å². The van der Waals surface area contributed by atoms with Crippen LogP contribution in [0.2, 0.25) is 0 Å². The smallest absolute Gasteiger partial charge is 0.310 e. The molecule has 1 fully saturated rings. The molecule has 1 heterocycles. The Kier molecular flexibility index (Phi) is 7.65. The molecule has 1 aliphatic carbocycles. The lowest BCUT2D eigenvalue weighted by atomic mass is 9.95. The van der Waals surface area contributed by atoms with Crippen LogP contribution in [0.4, 0.5) is 10.1 Å². The highest BCUT2D eigenvalue weighted by Gasteiger charge is 2.18. The lowest BCUT2D eigenvalue weighted by Crippen LogP contribution is -2.21. The number of aromatic nitrogens is 1. The number of nitrogens with zero attached hydrogens (tertiary/aromatic N) is 1. The Bertz CT molecular complexity index is 1180. The largest absolute Gasteiger partial charge is 0.462 e. The number of carbonyl (C=O) groups is 2. The summed E-state index contributed by atoms with van der Waals surface area (Å²) >= 11 is 0. The summed E-state index contributed by atoms with van der Waals surface area (Å²) in [6.07, 6.45) is 7.94. The van der Waals surface area contributed by atoms with Gasteiger partial charge in [0.15, 0.2) is 5.82 Å². The molecule has 3 aromatic rings. The van der Waals surface area contributed by atoms with Crippen LogP contribution in [-0.2, 0) is 22.5 Å². The van der Waals surface area contributed by atoms with Gasteiger partial charge < -0.3 is 15.8 Å². The molecule has 6 nitrogen and oxygen atoms in total. The summed E-state index contributed by atoms with van der Waals surface area (Å²) in [5, 5.41) is 2.57. The van der Waals surface area contributed by atoms with E-state index in [1.54, 1.807) is 18.2 Å². The Morgan fingerprint density at radius 3 is 2.68 bits per heavy atom. The van der Waals surface area contributed by atoms with E-state index in [1.807, 2.05) is 24.3 Å². The average molecular weight is 462 g/mol. The highest BCUT2D eigenvalue weighted by molar-refractivity contribution is 6.05. The molecule has 3 N–H and O–H groups in total. The van der Waals surface area contributed by atoms with Gasteiger partial charge in [-0.15, -0.1) is 0 Å². The minimum atomic E-state index is -0.609. The maximum atomic E-state index is 13.9. The lowest BCUT2D eigenvalue weighted by molar-refractivity contribution is -0.149. The minimum absolute atomic E-state index is 0.0219. The number of carbonyl (C=O) groups excluding carboxylic acids is 2. The molecule has 1 aromatic heterocycles. The van der Waals surface area contributed by atoms with E-state index >= 15 is 0 Å². The number of benzene rings is 2. The Morgan fingerprint density at radius 1 is 1.09 bits per heavy atom. The summed E-state index contributed by atoms with van der Waals surface area (Å²) in [6.45, 7) is 0.282. The van der Waals surface area contributed by atoms with Crippen molar-refractivity contribution in [1.82, 2.24) is 4.98 Å². The van der Waals surface area contributed by atoms with Gasteiger partial charge in [0.2, 0.25) is 0 Å². The van der Waals surface area contributed by atoms with Crippen molar-refractivity contribution in [3.8, 4) is 11.1 Å². The van der Waals surface area contributed by atoms with Crippen LogP contribution in [0.25, 0.3) is 11.1 Å². The zero-order valence-corrected chi connectivity index (χ0v) is 18.9. The summed E-state index contributed by atoms with van der Waals surface area (Å²) in [7, 11) is 0. The molecule has 7 heteroatoms. The minimum Gasteiger partial charge on any atom is -0.462 e. The number of amides is 1. The van der Waals surface area contributed by atoms with E-state index in [1.165, 1.54) is 18.7 Å². The molecule has 0 atom stereocenters. The molecular formula is C27H28FN3O3. The number of anilines is 1. The Balaban J connectivity index is 1.53. The van der Waals surface area contributed by atoms with Crippen LogP contribution in [0.1, 0.15) is 53.6 Å². The molecule has 0 radical (unpaired) electrons. The Morgan fingerprint density at radius 2 is 1.91 bits per heavy atom. The predicted octanol–water partition coefficient (Wildman–Crippen LogP) is 5.02. The third kappa shape index (κ3) is 5.85. The molecule has 0 bridgehead atoms. The van der Waals surface area contributed by atoms with Gasteiger partial charge in [-0.3, -0.25) is 14.6 Å². The number of ether oxygens (including phenoxy) is 1. The fraction of sp³-hybridized carbons (Fsp3) is 0.296. The zero-order chi connectivity index (χ0) is 23.9. The molecule has 1 aliphatic rings. The zero-order valence-electron chi connectivity index (χ0n) is 18.9. The molecule has 0 spiro atoms. The van der Waals surface area contributed by atoms with Gasteiger partial charge in [-0.05, 0) is 66.1 Å². The van der Waals surface area contributed by atoms with E-state index in [4.69, 9.17) is 10.5 Å². The highest BCUT2D eigenvalue weighted by Crippen LogP contribution is 2.27. The summed E-state index contributed by atoms with van der Waals surface area (Å²) in [5.74, 6) is -1.28. The molecule has 1 saturated carbocycles. The van der Waals surface area contributed by atoms with Crippen LogP contribution in [0.15, 0.2) is 60.9 Å². The first-order chi connectivity index (χ1) is 16.5. The van der Waals surface area contributed by atoms with Crippen molar-refractivity contribution in [3.05, 3.63) is 83.4 Å². The molecule has 1 amide bonds. The number of hydrogen-bond acceptors (Lipinski definition) is 5. The third-order valence-electron chi connectivity index (χ3n) is 6.05. The van der Waals surface area contributed by atoms with Crippen LogP contribution in [0.3, 0.4) is 0 Å². The first-order valence-corrected chi connectivity index (χ1v) is 11.6. The summed E-state index contributed by atoms with van der Waals surface area (Å²) in [6, 6.07) is 14.2. The summed E-state index contributed by atoms with van der Waals surface area (Å²) < 4.78 is 19.5. The first kappa shape index (κ1) is 23.6. The van der Waals surface area contributed by atoms with Crippen LogP contribution in [0, 0.1) is 5.82 Å². The second-order valence-electron chi connectivity index (χ2n) is 8.51. The third-order valence-corrected chi connectivity index (χ3v) is 6.05. The van der Waals surface area contributed by atoms with E-state index in [0.717, 1.165) is 54.1 Å². The van der Waals surface area contributed by atoms with Crippen molar-refractivity contribution >= 4 is 17.6 Å². The normalized spacial score (nSPS) is 13.9. The number of pyridine rings is 1. The van der Waals surface area contributed by atoms with Crippen LogP contribution in [0.5, 0.6) is 0 Å². The number of hydrogen-bond donors (Lipinski definition) is 2. The molecule has 4 rings (SSSR count). The molecule has 0 unspecified atom stereocenters. The van der Waals surface area contributed by atoms with Crippen LogP contribution < -0.4 is 11.1 Å². The summed E-state index contributed by atoms with van der Waals surface area (Å²) in [5.41, 5.74) is 9.68. The summed E-state index contributed by atoms with van der Waals surface area (Å²) in [4.78, 5) is 28.9. The average Bonchev–Trinajstić information content (AvgIpc) is 2.85. The van der Waals surface area contributed by atoms with E-state index < -0.39 is 11.7 Å². The van der Waals surface area contributed by atoms with E-state index in [9.17, 15) is 14.0 Å². The molecule has 0 saturated heterocycles. The van der Waals surface area contributed by atoms with Gasteiger partial charge in [0.1, 0.15) is 6.10 Å². The second-order valence-corrected chi connectivity index (χ2v) is 8.51. The Hall–Kier alpha value is -3.58. The van der Waals surface area contributed by atoms with Crippen molar-refractivity contribution < 1.29 is 18.7 Å². The molecule has 0 aliphatic heterocycles.